The van der Waals surface area contributed by atoms with E-state index in [9.17, 15) is 12.8 Å². The van der Waals surface area contributed by atoms with Crippen molar-refractivity contribution in [2.24, 2.45) is 0 Å². The van der Waals surface area contributed by atoms with Crippen molar-refractivity contribution in [3.05, 3.63) is 70.9 Å². The molecule has 2 heterocycles. The molecule has 0 aliphatic carbocycles. The van der Waals surface area contributed by atoms with Gasteiger partial charge >= 0.3 is 0 Å². The van der Waals surface area contributed by atoms with Crippen molar-refractivity contribution in [2.75, 3.05) is 4.72 Å². The van der Waals surface area contributed by atoms with Gasteiger partial charge in [-0.25, -0.2) is 12.8 Å². The summed E-state index contributed by atoms with van der Waals surface area (Å²) in [6, 6.07) is 12.9. The number of nitrogens with one attached hydrogen (secondary N) is 1. The van der Waals surface area contributed by atoms with Crippen molar-refractivity contribution in [2.45, 2.75) is 18.1 Å². The molecule has 0 aliphatic heterocycles. The van der Waals surface area contributed by atoms with Gasteiger partial charge in [0.25, 0.3) is 15.9 Å². The summed E-state index contributed by atoms with van der Waals surface area (Å²) in [6.07, 6.45) is 0. The lowest BCUT2D eigenvalue weighted by Crippen LogP contribution is -2.13. The van der Waals surface area contributed by atoms with Crippen LogP contribution in [0, 0.1) is 19.7 Å². The number of halogens is 1. The molecule has 0 amide bonds. The van der Waals surface area contributed by atoms with E-state index in [0.717, 1.165) is 22.5 Å². The summed E-state index contributed by atoms with van der Waals surface area (Å²) < 4.78 is 47.0. The number of nitrogens with zero attached hydrogens (tertiary/aromatic N) is 2. The van der Waals surface area contributed by atoms with Crippen LogP contribution in [0.5, 0.6) is 0 Å². The average molecular weight is 429 g/mol. The maximum Gasteiger partial charge on any atom is 0.271 e. The van der Waals surface area contributed by atoms with Crippen molar-refractivity contribution in [3.8, 4) is 22.8 Å². The minimum absolute atomic E-state index is 0.126. The van der Waals surface area contributed by atoms with Gasteiger partial charge in [-0.3, -0.25) is 4.72 Å². The number of rotatable bonds is 5. The molecule has 1 N–H and O–H groups in total. The average Bonchev–Trinajstić information content (AvgIpc) is 3.34. The van der Waals surface area contributed by atoms with Gasteiger partial charge < -0.3 is 4.52 Å². The summed E-state index contributed by atoms with van der Waals surface area (Å²) >= 11 is 1.05. The molecule has 0 fully saturated rings. The zero-order valence-electron chi connectivity index (χ0n) is 15.5. The minimum Gasteiger partial charge on any atom is -0.334 e. The third kappa shape index (κ3) is 3.92. The summed E-state index contributed by atoms with van der Waals surface area (Å²) in [5.41, 5.74) is 3.18. The Hall–Kier alpha value is -3.04. The van der Waals surface area contributed by atoms with Gasteiger partial charge in [0, 0.05) is 10.9 Å². The van der Waals surface area contributed by atoms with Gasteiger partial charge in [0.05, 0.1) is 11.3 Å². The Balaban J connectivity index is 1.62. The summed E-state index contributed by atoms with van der Waals surface area (Å²) in [5, 5.41) is 5.48. The summed E-state index contributed by atoms with van der Waals surface area (Å²) in [7, 11) is -3.77. The Morgan fingerprint density at radius 3 is 2.48 bits per heavy atom. The molecule has 0 bridgehead atoms. The molecule has 0 saturated carbocycles. The van der Waals surface area contributed by atoms with Crippen molar-refractivity contribution in [3.63, 3.8) is 0 Å². The van der Waals surface area contributed by atoms with Crippen LogP contribution in [0.25, 0.3) is 22.8 Å². The maximum absolute atomic E-state index is 13.4. The zero-order valence-corrected chi connectivity index (χ0v) is 17.1. The van der Waals surface area contributed by atoms with Crippen LogP contribution in [0.2, 0.25) is 0 Å². The second-order valence-corrected chi connectivity index (χ2v) is 9.28. The summed E-state index contributed by atoms with van der Waals surface area (Å²) in [6.45, 7) is 3.69. The molecule has 148 valence electrons. The van der Waals surface area contributed by atoms with Crippen molar-refractivity contribution in [1.82, 2.24) is 10.1 Å². The van der Waals surface area contributed by atoms with Crippen LogP contribution in [0.1, 0.15) is 11.1 Å². The van der Waals surface area contributed by atoms with E-state index in [1.807, 2.05) is 32.0 Å². The Morgan fingerprint density at radius 1 is 1.03 bits per heavy atom. The monoisotopic (exact) mass is 429 g/mol. The van der Waals surface area contributed by atoms with E-state index in [1.54, 1.807) is 17.5 Å². The van der Waals surface area contributed by atoms with Gasteiger partial charge in [0.15, 0.2) is 0 Å². The van der Waals surface area contributed by atoms with E-state index in [4.69, 9.17) is 4.52 Å². The van der Waals surface area contributed by atoms with Gasteiger partial charge in [-0.1, -0.05) is 35.5 Å². The predicted molar refractivity (Wildman–Crippen MR) is 110 cm³/mol. The fourth-order valence-electron chi connectivity index (χ4n) is 2.82. The van der Waals surface area contributed by atoms with Gasteiger partial charge in [0.1, 0.15) is 10.0 Å². The molecule has 6 nitrogen and oxygen atoms in total. The first kappa shape index (κ1) is 19.3. The van der Waals surface area contributed by atoms with E-state index in [2.05, 4.69) is 14.9 Å². The minimum atomic E-state index is -3.77. The molecule has 4 aromatic rings. The van der Waals surface area contributed by atoms with Crippen molar-refractivity contribution >= 4 is 27.0 Å². The number of sulfonamides is 1. The molecular formula is C20H16FN3O3S2. The first-order chi connectivity index (χ1) is 13.8. The van der Waals surface area contributed by atoms with E-state index < -0.39 is 15.8 Å². The number of para-hydroxylation sites is 1. The Morgan fingerprint density at radius 2 is 1.76 bits per heavy atom. The van der Waals surface area contributed by atoms with Crippen molar-refractivity contribution in [1.29, 1.82) is 0 Å². The smallest absolute Gasteiger partial charge is 0.271 e. The molecule has 0 unspecified atom stereocenters. The molecule has 0 radical (unpaired) electrons. The third-order valence-electron chi connectivity index (χ3n) is 4.31. The number of aryl methyl sites for hydroxylation is 2. The first-order valence-electron chi connectivity index (χ1n) is 8.61. The van der Waals surface area contributed by atoms with E-state index in [0.29, 0.717) is 16.8 Å². The molecule has 4 rings (SSSR count). The van der Waals surface area contributed by atoms with Crippen LogP contribution in [0.15, 0.2) is 62.6 Å². The molecule has 29 heavy (non-hydrogen) atoms. The Kier molecular flexibility index (Phi) is 4.93. The molecule has 2 aromatic heterocycles. The quantitative estimate of drug-likeness (QED) is 0.481. The molecular weight excluding hydrogens is 413 g/mol. The number of anilines is 1. The standard InChI is InChI=1S/C20H16FN3O3S2/c1-12-5-3-6-13(2)18(12)24-29(25,26)17-10-15(11-28-17)20-22-19(23-27-20)14-7-4-8-16(21)9-14/h3-11,24H,1-2H3. The number of thiophene rings is 1. The normalized spacial score (nSPS) is 11.6. The summed E-state index contributed by atoms with van der Waals surface area (Å²) in [5.74, 6) is -0.0202. The van der Waals surface area contributed by atoms with Crippen molar-refractivity contribution < 1.29 is 17.3 Å². The maximum atomic E-state index is 13.4. The van der Waals surface area contributed by atoms with E-state index >= 15 is 0 Å². The SMILES string of the molecule is Cc1cccc(C)c1NS(=O)(=O)c1cc(-c2nc(-c3cccc(F)c3)no2)cs1. The Bertz CT molecular complexity index is 1280. The fourth-order valence-corrected chi connectivity index (χ4v) is 5.17. The number of hydrogen-bond acceptors (Lipinski definition) is 6. The lowest BCUT2D eigenvalue weighted by atomic mass is 10.1. The van der Waals surface area contributed by atoms with Crippen LogP contribution < -0.4 is 4.72 Å². The van der Waals surface area contributed by atoms with E-state index in [1.165, 1.54) is 18.2 Å². The molecule has 9 heteroatoms. The highest BCUT2D eigenvalue weighted by Gasteiger charge is 2.21. The van der Waals surface area contributed by atoms with Gasteiger partial charge in [-0.05, 0) is 43.2 Å². The molecule has 0 aliphatic rings. The molecule has 0 saturated heterocycles. The highest BCUT2D eigenvalue weighted by molar-refractivity contribution is 7.94. The largest absolute Gasteiger partial charge is 0.334 e. The molecule has 2 aromatic carbocycles. The third-order valence-corrected chi connectivity index (χ3v) is 7.10. The van der Waals surface area contributed by atoms with Gasteiger partial charge in [-0.2, -0.15) is 4.98 Å². The highest BCUT2D eigenvalue weighted by atomic mass is 32.2. The molecule has 0 spiro atoms. The lowest BCUT2D eigenvalue weighted by molar-refractivity contribution is 0.432. The van der Waals surface area contributed by atoms with Gasteiger partial charge in [-0.15, -0.1) is 11.3 Å². The van der Waals surface area contributed by atoms with Crippen LogP contribution in [0.4, 0.5) is 10.1 Å². The van der Waals surface area contributed by atoms with Crippen LogP contribution in [0.3, 0.4) is 0 Å². The van der Waals surface area contributed by atoms with Gasteiger partial charge in [0.2, 0.25) is 5.82 Å². The lowest BCUT2D eigenvalue weighted by Gasteiger charge is -2.11. The van der Waals surface area contributed by atoms with E-state index in [-0.39, 0.29) is 15.9 Å². The highest BCUT2D eigenvalue weighted by Crippen LogP contribution is 2.31. The summed E-state index contributed by atoms with van der Waals surface area (Å²) in [4.78, 5) is 4.25. The first-order valence-corrected chi connectivity index (χ1v) is 11.0. The number of aromatic nitrogens is 2. The zero-order chi connectivity index (χ0) is 20.6. The van der Waals surface area contributed by atoms with Crippen LogP contribution in [-0.2, 0) is 10.0 Å². The fraction of sp³-hybridized carbons (Fsp3) is 0.100. The predicted octanol–water partition coefficient (Wildman–Crippen LogP) is 5.02. The molecule has 0 atom stereocenters. The van der Waals surface area contributed by atoms with Crippen LogP contribution >= 0.6 is 11.3 Å². The second-order valence-electron chi connectivity index (χ2n) is 6.46. The topological polar surface area (TPSA) is 85.1 Å². The number of benzene rings is 2. The number of hydrogen-bond donors (Lipinski definition) is 1. The Labute approximate surface area is 171 Å². The van der Waals surface area contributed by atoms with Crippen LogP contribution in [-0.4, -0.2) is 18.6 Å². The second kappa shape index (κ2) is 7.41.